The molecule has 4 aliphatic rings. The van der Waals surface area contributed by atoms with Gasteiger partial charge >= 0.3 is 6.36 Å². The second kappa shape index (κ2) is 7.26. The molecule has 1 aromatic carbocycles. The molecule has 1 saturated heterocycles. The van der Waals surface area contributed by atoms with Crippen molar-refractivity contribution in [2.45, 2.75) is 43.1 Å². The quantitative estimate of drug-likeness (QED) is 0.648. The van der Waals surface area contributed by atoms with Crippen LogP contribution in [0.1, 0.15) is 25.7 Å². The number of carbonyl (C=O) groups is 2. The summed E-state index contributed by atoms with van der Waals surface area (Å²) in [5, 5.41) is 2.83. The Hall–Kier alpha value is -2.07. The molecule has 5 rings (SSSR count). The molecular formula is C19H19ClF4N2O4. The lowest BCUT2D eigenvalue weighted by Crippen LogP contribution is -2.84. The molecule has 1 N–H and O–H groups in total. The topological polar surface area (TPSA) is 67.9 Å². The molecule has 3 saturated carbocycles. The molecule has 4 fully saturated rings. The third-order valence-corrected chi connectivity index (χ3v) is 6.23. The van der Waals surface area contributed by atoms with Crippen molar-refractivity contribution in [3.63, 3.8) is 0 Å². The van der Waals surface area contributed by atoms with Gasteiger partial charge in [-0.1, -0.05) is 11.6 Å². The predicted molar refractivity (Wildman–Crippen MR) is 96.2 cm³/mol. The van der Waals surface area contributed by atoms with Gasteiger partial charge in [-0.15, -0.1) is 13.2 Å². The minimum atomic E-state index is -4.71. The lowest BCUT2D eigenvalue weighted by Gasteiger charge is -2.73. The summed E-state index contributed by atoms with van der Waals surface area (Å²) in [5.74, 6) is -1.52. The average Bonchev–Trinajstić information content (AvgIpc) is 2.96. The van der Waals surface area contributed by atoms with E-state index in [0.717, 1.165) is 6.07 Å². The van der Waals surface area contributed by atoms with E-state index < -0.39 is 35.8 Å². The van der Waals surface area contributed by atoms with Crippen LogP contribution in [0.3, 0.4) is 0 Å². The number of nitrogens with zero attached hydrogens (tertiary/aromatic N) is 1. The van der Waals surface area contributed by atoms with Crippen molar-refractivity contribution in [2.24, 2.45) is 5.92 Å². The molecule has 164 valence electrons. The maximum Gasteiger partial charge on any atom is 0.522 e. The highest BCUT2D eigenvalue weighted by Gasteiger charge is 2.72. The molecular weight excluding hydrogens is 432 g/mol. The van der Waals surface area contributed by atoms with Crippen molar-refractivity contribution < 1.29 is 36.6 Å². The number of nitrogens with one attached hydrogen (secondary N) is 1. The Morgan fingerprint density at radius 3 is 2.63 bits per heavy atom. The Morgan fingerprint density at radius 1 is 1.30 bits per heavy atom. The van der Waals surface area contributed by atoms with Gasteiger partial charge in [-0.05, 0) is 31.4 Å². The maximum absolute atomic E-state index is 13.4. The summed E-state index contributed by atoms with van der Waals surface area (Å²) in [7, 11) is 0. The monoisotopic (exact) mass is 450 g/mol. The van der Waals surface area contributed by atoms with Crippen molar-refractivity contribution in [3.8, 4) is 5.75 Å². The fourth-order valence-corrected chi connectivity index (χ4v) is 4.88. The van der Waals surface area contributed by atoms with Gasteiger partial charge in [-0.2, -0.15) is 0 Å². The second-order valence-electron chi connectivity index (χ2n) is 8.28. The highest BCUT2D eigenvalue weighted by molar-refractivity contribution is 6.30. The molecule has 0 unspecified atom stereocenters. The number of amides is 2. The van der Waals surface area contributed by atoms with Crippen LogP contribution >= 0.6 is 11.6 Å². The van der Waals surface area contributed by atoms with E-state index in [1.165, 1.54) is 12.1 Å². The minimum absolute atomic E-state index is 0.0304. The molecule has 0 spiro atoms. The van der Waals surface area contributed by atoms with Gasteiger partial charge in [0, 0.05) is 36.0 Å². The van der Waals surface area contributed by atoms with Gasteiger partial charge in [0.05, 0.1) is 11.6 Å². The number of likely N-dealkylation sites (tertiary alicyclic amines) is 1. The third kappa shape index (κ3) is 4.07. The first kappa shape index (κ1) is 21.2. The van der Waals surface area contributed by atoms with Crippen LogP contribution in [0.4, 0.5) is 17.6 Å². The number of carbonyl (C=O) groups excluding carboxylic acids is 2. The van der Waals surface area contributed by atoms with Gasteiger partial charge in [-0.25, -0.2) is 4.39 Å². The Kier molecular flexibility index (Phi) is 5.13. The molecule has 0 radical (unpaired) electrons. The highest BCUT2D eigenvalue weighted by Crippen LogP contribution is 2.64. The number of hydrogen-bond donors (Lipinski definition) is 1. The van der Waals surface area contributed by atoms with Crippen molar-refractivity contribution in [3.05, 3.63) is 29.0 Å². The van der Waals surface area contributed by atoms with Crippen LogP contribution in [0.25, 0.3) is 0 Å². The molecule has 6 nitrogen and oxygen atoms in total. The largest absolute Gasteiger partial charge is 0.522 e. The molecule has 1 aliphatic heterocycles. The van der Waals surface area contributed by atoms with E-state index in [-0.39, 0.29) is 42.2 Å². The first-order valence-corrected chi connectivity index (χ1v) is 9.77. The molecule has 2 bridgehead atoms. The standard InChI is InChI=1S/C19H19ClF4N2O4/c20-13-2-1-12(4-14(13)21)29-7-15(27)25-17-8-18(9-17,10-17)26-5-11(3-16(26)28)6-30-19(22,23)24/h1-2,4,11H,3,5-10H2,(H,25,27)/t11-,17?,18?/m0/s1. The number of benzene rings is 1. The van der Waals surface area contributed by atoms with Gasteiger partial charge < -0.3 is 15.0 Å². The van der Waals surface area contributed by atoms with Crippen LogP contribution < -0.4 is 10.1 Å². The smallest absolute Gasteiger partial charge is 0.484 e. The van der Waals surface area contributed by atoms with Crippen molar-refractivity contribution in [1.82, 2.24) is 10.2 Å². The van der Waals surface area contributed by atoms with Crippen LogP contribution in [0.15, 0.2) is 18.2 Å². The Bertz CT molecular complexity index is 859. The summed E-state index contributed by atoms with van der Waals surface area (Å²) < 4.78 is 59.1. The zero-order chi connectivity index (χ0) is 21.7. The number of ether oxygens (including phenoxy) is 2. The summed E-state index contributed by atoms with van der Waals surface area (Å²) in [6.07, 6.45) is -3.01. The van der Waals surface area contributed by atoms with Crippen LogP contribution in [0.2, 0.25) is 5.02 Å². The zero-order valence-electron chi connectivity index (χ0n) is 15.7. The van der Waals surface area contributed by atoms with Crippen LogP contribution in [-0.4, -0.2) is 53.9 Å². The molecule has 1 heterocycles. The van der Waals surface area contributed by atoms with Gasteiger partial charge in [0.25, 0.3) is 5.91 Å². The normalized spacial score (nSPS) is 30.0. The van der Waals surface area contributed by atoms with Crippen molar-refractivity contribution in [2.75, 3.05) is 19.8 Å². The van der Waals surface area contributed by atoms with Gasteiger partial charge in [-0.3, -0.25) is 14.3 Å². The van der Waals surface area contributed by atoms with E-state index in [1.54, 1.807) is 4.90 Å². The molecule has 2 amide bonds. The first-order valence-electron chi connectivity index (χ1n) is 9.39. The number of halogens is 5. The molecule has 0 aromatic heterocycles. The van der Waals surface area contributed by atoms with E-state index >= 15 is 0 Å². The lowest BCUT2D eigenvalue weighted by atomic mass is 9.43. The van der Waals surface area contributed by atoms with Crippen LogP contribution in [0, 0.1) is 11.7 Å². The number of hydrogen-bond acceptors (Lipinski definition) is 4. The van der Waals surface area contributed by atoms with E-state index in [1.807, 2.05) is 0 Å². The lowest BCUT2D eigenvalue weighted by molar-refractivity contribution is -0.328. The van der Waals surface area contributed by atoms with Gasteiger partial charge in [0.1, 0.15) is 11.6 Å². The first-order chi connectivity index (χ1) is 14.0. The van der Waals surface area contributed by atoms with Gasteiger partial charge in [0.2, 0.25) is 5.91 Å². The summed E-state index contributed by atoms with van der Waals surface area (Å²) in [6.45, 7) is -0.605. The summed E-state index contributed by atoms with van der Waals surface area (Å²) in [5.41, 5.74) is -0.815. The summed E-state index contributed by atoms with van der Waals surface area (Å²) >= 11 is 5.59. The van der Waals surface area contributed by atoms with Crippen molar-refractivity contribution in [1.29, 1.82) is 0 Å². The fourth-order valence-electron chi connectivity index (χ4n) is 4.76. The number of rotatable bonds is 7. The second-order valence-corrected chi connectivity index (χ2v) is 8.69. The summed E-state index contributed by atoms with van der Waals surface area (Å²) in [6, 6.07) is 3.87. The molecule has 11 heteroatoms. The Morgan fingerprint density at radius 2 is 2.00 bits per heavy atom. The average molecular weight is 451 g/mol. The predicted octanol–water partition coefficient (Wildman–Crippen LogP) is 3.03. The third-order valence-electron chi connectivity index (χ3n) is 5.93. The minimum Gasteiger partial charge on any atom is -0.484 e. The van der Waals surface area contributed by atoms with E-state index in [9.17, 15) is 27.2 Å². The fraction of sp³-hybridized carbons (Fsp3) is 0.579. The van der Waals surface area contributed by atoms with E-state index in [2.05, 4.69) is 10.1 Å². The van der Waals surface area contributed by atoms with Crippen LogP contribution in [-0.2, 0) is 14.3 Å². The van der Waals surface area contributed by atoms with Gasteiger partial charge in [0.15, 0.2) is 6.61 Å². The molecule has 30 heavy (non-hydrogen) atoms. The van der Waals surface area contributed by atoms with E-state index in [4.69, 9.17) is 16.3 Å². The zero-order valence-corrected chi connectivity index (χ0v) is 16.5. The highest BCUT2D eigenvalue weighted by atomic mass is 35.5. The number of alkyl halides is 3. The SMILES string of the molecule is O=C(COc1ccc(Cl)c(F)c1)NC12CC(N3C[C@@H](COC(F)(F)F)CC3=O)(C1)C2. The molecule has 1 atom stereocenters. The molecule has 1 aromatic rings. The Labute approximate surface area is 174 Å². The maximum atomic E-state index is 13.4. The van der Waals surface area contributed by atoms with E-state index in [0.29, 0.717) is 19.3 Å². The van der Waals surface area contributed by atoms with Crippen molar-refractivity contribution >= 4 is 23.4 Å². The molecule has 3 aliphatic carbocycles. The Balaban J connectivity index is 1.23. The van der Waals surface area contributed by atoms with Crippen LogP contribution in [0.5, 0.6) is 5.75 Å². The summed E-state index contributed by atoms with van der Waals surface area (Å²) in [4.78, 5) is 26.1.